The van der Waals surface area contributed by atoms with Gasteiger partial charge in [-0.1, -0.05) is 25.1 Å². The second-order valence-electron chi connectivity index (χ2n) is 5.21. The average molecular weight is 291 g/mol. The van der Waals surface area contributed by atoms with E-state index in [1.54, 1.807) is 0 Å². The first-order valence-corrected chi connectivity index (χ1v) is 7.55. The minimum atomic E-state index is 0.0469. The van der Waals surface area contributed by atoms with Crippen LogP contribution in [0.1, 0.15) is 18.9 Å². The van der Waals surface area contributed by atoms with Gasteiger partial charge in [-0.05, 0) is 25.0 Å². The number of ether oxygens (including phenoxy) is 2. The molecule has 0 radical (unpaired) electrons. The zero-order chi connectivity index (χ0) is 15.1. The number of para-hydroxylation sites is 1. The summed E-state index contributed by atoms with van der Waals surface area (Å²) in [6.07, 6.45) is 0.944. The molecule has 1 aliphatic heterocycles. The van der Waals surface area contributed by atoms with Crippen molar-refractivity contribution in [3.63, 3.8) is 0 Å². The quantitative estimate of drug-likeness (QED) is 0.664. The number of benzene rings is 1. The second-order valence-corrected chi connectivity index (χ2v) is 5.21. The molecule has 0 spiro atoms. The molecular formula is C16H25N3O2. The van der Waals surface area contributed by atoms with Crippen LogP contribution in [-0.2, 0) is 4.74 Å². The fraction of sp³-hybridized carbons (Fsp3) is 0.562. The van der Waals surface area contributed by atoms with Crippen LogP contribution < -0.4 is 10.5 Å². The summed E-state index contributed by atoms with van der Waals surface area (Å²) in [5.41, 5.74) is 7.18. The Bertz CT molecular complexity index is 470. The fourth-order valence-electron chi connectivity index (χ4n) is 2.21. The number of morpholine rings is 1. The number of nitrogens with two attached hydrogens (primary N) is 1. The summed E-state index contributed by atoms with van der Waals surface area (Å²) in [6.45, 7) is 7.78. The van der Waals surface area contributed by atoms with Gasteiger partial charge in [-0.3, -0.25) is 0 Å². The minimum Gasteiger partial charge on any atom is -0.488 e. The molecule has 1 aromatic carbocycles. The van der Waals surface area contributed by atoms with Gasteiger partial charge in [0.15, 0.2) is 5.96 Å². The molecule has 0 amide bonds. The van der Waals surface area contributed by atoms with E-state index < -0.39 is 0 Å². The molecule has 5 heteroatoms. The third-order valence-electron chi connectivity index (χ3n) is 3.63. The molecule has 116 valence electrons. The Balaban J connectivity index is 1.91. The Labute approximate surface area is 126 Å². The molecule has 1 fully saturated rings. The first-order valence-electron chi connectivity index (χ1n) is 7.55. The van der Waals surface area contributed by atoms with Crippen molar-refractivity contribution in [1.29, 1.82) is 0 Å². The molecule has 1 aromatic rings. The van der Waals surface area contributed by atoms with Gasteiger partial charge < -0.3 is 20.1 Å². The summed E-state index contributed by atoms with van der Waals surface area (Å²) in [4.78, 5) is 6.54. The molecule has 0 aromatic heterocycles. The van der Waals surface area contributed by atoms with Gasteiger partial charge in [0.05, 0.1) is 19.8 Å². The van der Waals surface area contributed by atoms with Gasteiger partial charge in [0.25, 0.3) is 0 Å². The zero-order valence-electron chi connectivity index (χ0n) is 12.9. The molecule has 1 unspecified atom stereocenters. The highest BCUT2D eigenvalue weighted by Crippen LogP contribution is 2.18. The molecule has 0 aliphatic carbocycles. The van der Waals surface area contributed by atoms with Crippen LogP contribution in [-0.4, -0.2) is 49.8 Å². The lowest BCUT2D eigenvalue weighted by Gasteiger charge is -2.28. The summed E-state index contributed by atoms with van der Waals surface area (Å²) in [5, 5.41) is 0. The summed E-state index contributed by atoms with van der Waals surface area (Å²) >= 11 is 0. The Morgan fingerprint density at radius 3 is 2.76 bits per heavy atom. The van der Waals surface area contributed by atoms with Gasteiger partial charge in [0.1, 0.15) is 11.9 Å². The Kier molecular flexibility index (Phi) is 5.87. The van der Waals surface area contributed by atoms with Crippen molar-refractivity contribution in [3.8, 4) is 5.75 Å². The van der Waals surface area contributed by atoms with Crippen LogP contribution in [0.5, 0.6) is 5.75 Å². The molecule has 5 nitrogen and oxygen atoms in total. The van der Waals surface area contributed by atoms with Crippen LogP contribution in [0, 0.1) is 6.92 Å². The topological polar surface area (TPSA) is 60.1 Å². The number of hydrogen-bond donors (Lipinski definition) is 1. The number of hydrogen-bond acceptors (Lipinski definition) is 3. The van der Waals surface area contributed by atoms with Crippen LogP contribution in [0.4, 0.5) is 0 Å². The van der Waals surface area contributed by atoms with E-state index in [1.807, 2.05) is 31.2 Å². The maximum absolute atomic E-state index is 6.04. The lowest BCUT2D eigenvalue weighted by Crippen LogP contribution is -2.45. The summed E-state index contributed by atoms with van der Waals surface area (Å²) in [7, 11) is 0. The van der Waals surface area contributed by atoms with E-state index in [-0.39, 0.29) is 6.10 Å². The predicted octanol–water partition coefficient (Wildman–Crippen LogP) is 1.80. The first kappa shape index (κ1) is 15.6. The highest BCUT2D eigenvalue weighted by atomic mass is 16.5. The molecule has 2 rings (SSSR count). The van der Waals surface area contributed by atoms with Crippen molar-refractivity contribution in [2.45, 2.75) is 26.4 Å². The van der Waals surface area contributed by atoms with Crippen molar-refractivity contribution in [3.05, 3.63) is 29.8 Å². The van der Waals surface area contributed by atoms with Crippen LogP contribution >= 0.6 is 0 Å². The van der Waals surface area contributed by atoms with E-state index >= 15 is 0 Å². The molecule has 1 heterocycles. The highest BCUT2D eigenvalue weighted by molar-refractivity contribution is 5.78. The van der Waals surface area contributed by atoms with Crippen molar-refractivity contribution in [2.24, 2.45) is 10.7 Å². The molecule has 0 saturated carbocycles. The summed E-state index contributed by atoms with van der Waals surface area (Å²) < 4.78 is 11.3. The van der Waals surface area contributed by atoms with Crippen molar-refractivity contribution < 1.29 is 9.47 Å². The van der Waals surface area contributed by atoms with E-state index in [0.29, 0.717) is 25.7 Å². The molecule has 1 atom stereocenters. The van der Waals surface area contributed by atoms with Crippen molar-refractivity contribution in [2.75, 3.05) is 32.8 Å². The maximum atomic E-state index is 6.04. The van der Waals surface area contributed by atoms with E-state index in [0.717, 1.165) is 30.8 Å². The normalized spacial score (nSPS) is 17.6. The standard InChI is InChI=1S/C16H25N3O2/c1-3-14(21-15-7-5-4-6-13(15)2)12-18-16(17)19-8-10-20-11-9-19/h4-7,14H,3,8-12H2,1-2H3,(H2,17,18). The van der Waals surface area contributed by atoms with Gasteiger partial charge >= 0.3 is 0 Å². The van der Waals surface area contributed by atoms with Crippen LogP contribution in [0.15, 0.2) is 29.3 Å². The summed E-state index contributed by atoms with van der Waals surface area (Å²) in [6, 6.07) is 8.04. The van der Waals surface area contributed by atoms with E-state index in [9.17, 15) is 0 Å². The average Bonchev–Trinajstić information content (AvgIpc) is 2.53. The van der Waals surface area contributed by atoms with Crippen LogP contribution in [0.2, 0.25) is 0 Å². The number of nitrogens with zero attached hydrogens (tertiary/aromatic N) is 2. The second kappa shape index (κ2) is 7.88. The van der Waals surface area contributed by atoms with Gasteiger partial charge in [0, 0.05) is 13.1 Å². The molecule has 21 heavy (non-hydrogen) atoms. The largest absolute Gasteiger partial charge is 0.488 e. The molecule has 0 bridgehead atoms. The lowest BCUT2D eigenvalue weighted by atomic mass is 10.2. The number of rotatable bonds is 5. The van der Waals surface area contributed by atoms with Crippen LogP contribution in [0.3, 0.4) is 0 Å². The Morgan fingerprint density at radius 2 is 2.10 bits per heavy atom. The smallest absolute Gasteiger partial charge is 0.191 e. The Hall–Kier alpha value is -1.75. The lowest BCUT2D eigenvalue weighted by molar-refractivity contribution is 0.0673. The minimum absolute atomic E-state index is 0.0469. The predicted molar refractivity (Wildman–Crippen MR) is 84.8 cm³/mol. The number of aliphatic imine (C=N–C) groups is 1. The fourth-order valence-corrected chi connectivity index (χ4v) is 2.21. The Morgan fingerprint density at radius 1 is 1.38 bits per heavy atom. The van der Waals surface area contributed by atoms with E-state index in [1.165, 1.54) is 0 Å². The molecule has 1 saturated heterocycles. The van der Waals surface area contributed by atoms with Gasteiger partial charge in [-0.15, -0.1) is 0 Å². The van der Waals surface area contributed by atoms with Gasteiger partial charge in [-0.25, -0.2) is 4.99 Å². The highest BCUT2D eigenvalue weighted by Gasteiger charge is 2.14. The maximum Gasteiger partial charge on any atom is 0.191 e. The third-order valence-corrected chi connectivity index (χ3v) is 3.63. The van der Waals surface area contributed by atoms with E-state index in [4.69, 9.17) is 15.2 Å². The SMILES string of the molecule is CCC(CN=C(N)N1CCOCC1)Oc1ccccc1C. The van der Waals surface area contributed by atoms with Gasteiger partial charge in [-0.2, -0.15) is 0 Å². The van der Waals surface area contributed by atoms with Gasteiger partial charge in [0.2, 0.25) is 0 Å². The third kappa shape index (κ3) is 4.63. The number of guanidine groups is 1. The molecular weight excluding hydrogens is 266 g/mol. The first-order chi connectivity index (χ1) is 10.2. The van der Waals surface area contributed by atoms with E-state index in [2.05, 4.69) is 16.8 Å². The summed E-state index contributed by atoms with van der Waals surface area (Å²) in [5.74, 6) is 1.51. The van der Waals surface area contributed by atoms with Crippen molar-refractivity contribution >= 4 is 5.96 Å². The molecule has 2 N–H and O–H groups in total. The van der Waals surface area contributed by atoms with Crippen LogP contribution in [0.25, 0.3) is 0 Å². The number of aryl methyl sites for hydroxylation is 1. The monoisotopic (exact) mass is 291 g/mol. The molecule has 1 aliphatic rings. The zero-order valence-corrected chi connectivity index (χ0v) is 12.9. The van der Waals surface area contributed by atoms with Crippen molar-refractivity contribution in [1.82, 2.24) is 4.90 Å².